The summed E-state index contributed by atoms with van der Waals surface area (Å²) >= 11 is 0. The van der Waals surface area contributed by atoms with Crippen LogP contribution in [0, 0.1) is 5.41 Å². The maximum atomic E-state index is 11.8. The molecule has 0 aliphatic carbocycles. The van der Waals surface area contributed by atoms with Crippen LogP contribution in [0.3, 0.4) is 0 Å². The lowest BCUT2D eigenvalue weighted by molar-refractivity contribution is -0.106. The number of alkyl halides is 3. The normalized spacial score (nSPS) is 14.4. The molecule has 0 aromatic heterocycles. The van der Waals surface area contributed by atoms with Crippen molar-refractivity contribution in [3.8, 4) is 0 Å². The van der Waals surface area contributed by atoms with Gasteiger partial charge in [0.25, 0.3) is 0 Å². The molecule has 0 atom stereocenters. The third kappa shape index (κ3) is 8.31. The Labute approximate surface area is 81.7 Å². The first-order valence-corrected chi connectivity index (χ1v) is 5.61. The van der Waals surface area contributed by atoms with E-state index in [9.17, 15) is 21.6 Å². The molecule has 0 aromatic rings. The van der Waals surface area contributed by atoms with Gasteiger partial charge in [-0.2, -0.15) is 13.2 Å². The minimum Gasteiger partial charge on any atom is -0.214 e. The Kier molecular flexibility index (Phi) is 3.97. The Hall–Kier alpha value is -0.300. The van der Waals surface area contributed by atoms with Crippen molar-refractivity contribution in [2.75, 3.05) is 12.3 Å². The molecule has 0 aliphatic rings. The lowest BCUT2D eigenvalue weighted by Gasteiger charge is -2.19. The van der Waals surface area contributed by atoms with E-state index in [-0.39, 0.29) is 12.0 Å². The van der Waals surface area contributed by atoms with E-state index in [4.69, 9.17) is 0 Å². The first-order valence-electron chi connectivity index (χ1n) is 3.95. The SMILES string of the molecule is CC(C)(C)CNS(=O)(=O)CC(F)(F)F. The maximum Gasteiger partial charge on any atom is 0.404 e. The topological polar surface area (TPSA) is 46.2 Å². The van der Waals surface area contributed by atoms with E-state index in [0.29, 0.717) is 0 Å². The number of hydrogen-bond acceptors (Lipinski definition) is 2. The fraction of sp³-hybridized carbons (Fsp3) is 1.00. The summed E-state index contributed by atoms with van der Waals surface area (Å²) in [7, 11) is -4.25. The highest BCUT2D eigenvalue weighted by atomic mass is 32.2. The second-order valence-corrected chi connectivity index (χ2v) is 6.06. The lowest BCUT2D eigenvalue weighted by atomic mass is 9.98. The Morgan fingerprint density at radius 1 is 1.14 bits per heavy atom. The second-order valence-electron chi connectivity index (χ2n) is 4.26. The highest BCUT2D eigenvalue weighted by molar-refractivity contribution is 7.89. The molecule has 0 unspecified atom stereocenters. The van der Waals surface area contributed by atoms with Gasteiger partial charge in [0.1, 0.15) is 0 Å². The predicted octanol–water partition coefficient (Wildman–Crippen LogP) is 1.51. The largest absolute Gasteiger partial charge is 0.404 e. The van der Waals surface area contributed by atoms with Gasteiger partial charge in [0.2, 0.25) is 10.0 Å². The summed E-state index contributed by atoms with van der Waals surface area (Å²) in [5, 5.41) is 0. The fourth-order valence-corrected chi connectivity index (χ4v) is 1.78. The van der Waals surface area contributed by atoms with Gasteiger partial charge in [0, 0.05) is 6.54 Å². The average Bonchev–Trinajstić information content (AvgIpc) is 1.76. The highest BCUT2D eigenvalue weighted by Crippen LogP contribution is 2.17. The highest BCUT2D eigenvalue weighted by Gasteiger charge is 2.35. The van der Waals surface area contributed by atoms with Gasteiger partial charge in [-0.25, -0.2) is 13.1 Å². The van der Waals surface area contributed by atoms with Crippen molar-refractivity contribution in [1.29, 1.82) is 0 Å². The van der Waals surface area contributed by atoms with Crippen molar-refractivity contribution >= 4 is 10.0 Å². The van der Waals surface area contributed by atoms with Crippen LogP contribution in [0.1, 0.15) is 20.8 Å². The molecule has 0 bridgehead atoms. The molecule has 0 radical (unpaired) electrons. The summed E-state index contributed by atoms with van der Waals surface area (Å²) in [6.07, 6.45) is -4.69. The Morgan fingerprint density at radius 3 is 1.86 bits per heavy atom. The smallest absolute Gasteiger partial charge is 0.214 e. The average molecular weight is 233 g/mol. The number of rotatable bonds is 3. The molecular weight excluding hydrogens is 219 g/mol. The van der Waals surface area contributed by atoms with Crippen LogP contribution in [-0.2, 0) is 10.0 Å². The zero-order valence-electron chi connectivity index (χ0n) is 8.27. The van der Waals surface area contributed by atoms with Gasteiger partial charge in [-0.15, -0.1) is 0 Å². The van der Waals surface area contributed by atoms with E-state index in [1.165, 1.54) is 0 Å². The standard InChI is InChI=1S/C7H14F3NO2S/c1-6(2,3)4-11-14(12,13)5-7(8,9)10/h11H,4-5H2,1-3H3. The van der Waals surface area contributed by atoms with Crippen molar-refractivity contribution in [3.05, 3.63) is 0 Å². The number of nitrogens with one attached hydrogen (secondary N) is 1. The predicted molar refractivity (Wildman–Crippen MR) is 47.3 cm³/mol. The van der Waals surface area contributed by atoms with Crippen LogP contribution >= 0.6 is 0 Å². The van der Waals surface area contributed by atoms with Crippen LogP contribution in [0.25, 0.3) is 0 Å². The van der Waals surface area contributed by atoms with Gasteiger partial charge < -0.3 is 0 Å². The van der Waals surface area contributed by atoms with E-state index < -0.39 is 22.0 Å². The molecule has 0 rings (SSSR count). The van der Waals surface area contributed by atoms with Gasteiger partial charge in [0.05, 0.1) is 0 Å². The van der Waals surface area contributed by atoms with E-state index in [0.717, 1.165) is 0 Å². The van der Waals surface area contributed by atoms with Crippen LogP contribution in [0.15, 0.2) is 0 Å². The zero-order valence-corrected chi connectivity index (χ0v) is 9.09. The number of sulfonamides is 1. The van der Waals surface area contributed by atoms with E-state index in [1.54, 1.807) is 20.8 Å². The number of hydrogen-bond donors (Lipinski definition) is 1. The molecule has 0 fully saturated rings. The first-order chi connectivity index (χ1) is 5.91. The molecule has 7 heteroatoms. The van der Waals surface area contributed by atoms with Gasteiger partial charge in [-0.05, 0) is 5.41 Å². The third-order valence-electron chi connectivity index (χ3n) is 1.18. The molecule has 0 saturated heterocycles. The van der Waals surface area contributed by atoms with E-state index >= 15 is 0 Å². The third-order valence-corrected chi connectivity index (χ3v) is 2.47. The van der Waals surface area contributed by atoms with Gasteiger partial charge >= 0.3 is 6.18 Å². The minimum atomic E-state index is -4.69. The molecule has 3 nitrogen and oxygen atoms in total. The Bertz CT molecular complexity index is 276. The molecule has 0 spiro atoms. The summed E-state index contributed by atoms with van der Waals surface area (Å²) in [4.78, 5) is 0. The summed E-state index contributed by atoms with van der Waals surface area (Å²) in [6.45, 7) is 5.17. The van der Waals surface area contributed by atoms with Crippen LogP contribution in [0.5, 0.6) is 0 Å². The molecular formula is C7H14F3NO2S. The number of halogens is 3. The van der Waals surface area contributed by atoms with Crippen molar-refractivity contribution in [3.63, 3.8) is 0 Å². The fourth-order valence-electron chi connectivity index (χ4n) is 0.593. The Morgan fingerprint density at radius 2 is 1.57 bits per heavy atom. The summed E-state index contributed by atoms with van der Waals surface area (Å²) in [5.41, 5.74) is -0.376. The van der Waals surface area contributed by atoms with Gasteiger partial charge in [-0.3, -0.25) is 0 Å². The van der Waals surface area contributed by atoms with Crippen LogP contribution < -0.4 is 4.72 Å². The van der Waals surface area contributed by atoms with Crippen molar-refractivity contribution in [2.24, 2.45) is 5.41 Å². The molecule has 0 heterocycles. The summed E-state index contributed by atoms with van der Waals surface area (Å²) in [5.74, 6) is -1.82. The molecule has 0 aromatic carbocycles. The minimum absolute atomic E-state index is 0.00852. The summed E-state index contributed by atoms with van der Waals surface area (Å²) in [6, 6.07) is 0. The van der Waals surface area contributed by atoms with Crippen molar-refractivity contribution < 1.29 is 21.6 Å². The van der Waals surface area contributed by atoms with E-state index in [1.807, 2.05) is 4.72 Å². The van der Waals surface area contributed by atoms with Crippen LogP contribution in [-0.4, -0.2) is 26.9 Å². The molecule has 14 heavy (non-hydrogen) atoms. The summed E-state index contributed by atoms with van der Waals surface area (Å²) < 4.78 is 58.9. The Balaban J connectivity index is 4.25. The second kappa shape index (κ2) is 4.06. The molecule has 0 saturated carbocycles. The molecule has 86 valence electrons. The molecule has 0 amide bonds. The monoisotopic (exact) mass is 233 g/mol. The van der Waals surface area contributed by atoms with Crippen molar-refractivity contribution in [1.82, 2.24) is 4.72 Å². The maximum absolute atomic E-state index is 11.8. The zero-order chi connectivity index (χ0) is 11.6. The van der Waals surface area contributed by atoms with Crippen LogP contribution in [0.2, 0.25) is 0 Å². The van der Waals surface area contributed by atoms with Crippen LogP contribution in [0.4, 0.5) is 13.2 Å². The molecule has 1 N–H and O–H groups in total. The van der Waals surface area contributed by atoms with Gasteiger partial charge in [0.15, 0.2) is 5.75 Å². The molecule has 0 aliphatic heterocycles. The van der Waals surface area contributed by atoms with E-state index in [2.05, 4.69) is 0 Å². The van der Waals surface area contributed by atoms with Gasteiger partial charge in [-0.1, -0.05) is 20.8 Å². The first kappa shape index (κ1) is 13.7. The van der Waals surface area contributed by atoms with Crippen molar-refractivity contribution in [2.45, 2.75) is 26.9 Å². The lowest BCUT2D eigenvalue weighted by Crippen LogP contribution is -2.38. The quantitative estimate of drug-likeness (QED) is 0.803.